The molecule has 1 aromatic carbocycles. The molecule has 0 spiro atoms. The van der Waals surface area contributed by atoms with Crippen molar-refractivity contribution in [2.24, 2.45) is 0 Å². The zero-order chi connectivity index (χ0) is 25.4. The summed E-state index contributed by atoms with van der Waals surface area (Å²) in [7, 11) is 1.88. The van der Waals surface area contributed by atoms with Crippen LogP contribution in [-0.4, -0.2) is 50.9 Å². The summed E-state index contributed by atoms with van der Waals surface area (Å²) < 4.78 is -1.71. The van der Waals surface area contributed by atoms with Gasteiger partial charge in [0.05, 0.1) is 0 Å². The third-order valence-corrected chi connectivity index (χ3v) is 6.76. The summed E-state index contributed by atoms with van der Waals surface area (Å²) in [5.41, 5.74) is 0.909. The monoisotopic (exact) mass is 547 g/mol. The molecule has 1 aliphatic heterocycles. The number of carbonyl (C=O) groups is 1. The number of nitrogens with one attached hydrogen (secondary N) is 1. The lowest BCUT2D eigenvalue weighted by Gasteiger charge is -2.43. The van der Waals surface area contributed by atoms with E-state index in [9.17, 15) is 4.79 Å². The predicted octanol–water partition coefficient (Wildman–Crippen LogP) is 7.58. The van der Waals surface area contributed by atoms with E-state index in [-0.39, 0.29) is 5.91 Å². The van der Waals surface area contributed by atoms with Gasteiger partial charge in [0, 0.05) is 26.2 Å². The van der Waals surface area contributed by atoms with Crippen molar-refractivity contribution in [3.05, 3.63) is 42.0 Å². The third kappa shape index (κ3) is 12.1. The maximum Gasteiger partial charge on any atom is 0.245 e. The third-order valence-electron chi connectivity index (χ3n) is 5.59. The van der Waals surface area contributed by atoms with Gasteiger partial charge in [0.25, 0.3) is 0 Å². The summed E-state index contributed by atoms with van der Waals surface area (Å²) in [6.45, 7) is 5.45. The van der Waals surface area contributed by atoms with Crippen LogP contribution in [0.1, 0.15) is 77.2 Å². The molecule has 1 N–H and O–H groups in total. The molecule has 4 nitrogen and oxygen atoms in total. The second-order valence-electron chi connectivity index (χ2n) is 8.28. The van der Waals surface area contributed by atoms with E-state index in [0.717, 1.165) is 18.5 Å². The quantitative estimate of drug-likeness (QED) is 0.239. The molecule has 0 radical (unpaired) electrons. The standard InChI is InChI=1S/C16H18Cl3N3OS.C8H16.C2H6/c1-21-10-5-11-22(15(21)24)14(16(17,18)19)20-13(23)9-8-12-6-3-2-4-7-12;1-2-4-6-8-7-5-3-1;1-2/h2-4,6-9,14H,5,10-11H2,1H3,(H,20,23);1-8H2;1-2H3/b9-8+;;. The van der Waals surface area contributed by atoms with E-state index >= 15 is 0 Å². The van der Waals surface area contributed by atoms with Crippen molar-refractivity contribution in [1.29, 1.82) is 0 Å². The molecule has 192 valence electrons. The average molecular weight is 549 g/mol. The number of hydrogen-bond acceptors (Lipinski definition) is 2. The second kappa shape index (κ2) is 17.4. The first-order valence-corrected chi connectivity index (χ1v) is 14.0. The van der Waals surface area contributed by atoms with Crippen LogP contribution in [0.2, 0.25) is 0 Å². The fourth-order valence-corrected chi connectivity index (χ4v) is 4.60. The molecular weight excluding hydrogens is 509 g/mol. The normalized spacial score (nSPS) is 18.0. The molecule has 0 bridgehead atoms. The Bertz CT molecular complexity index is 717. The first-order chi connectivity index (χ1) is 16.3. The molecule has 1 amide bonds. The molecule has 1 aliphatic carbocycles. The fourth-order valence-electron chi connectivity index (χ4n) is 3.80. The van der Waals surface area contributed by atoms with Gasteiger partial charge in [-0.2, -0.15) is 0 Å². The summed E-state index contributed by atoms with van der Waals surface area (Å²) in [5, 5.41) is 3.28. The minimum Gasteiger partial charge on any atom is -0.352 e. The van der Waals surface area contributed by atoms with Gasteiger partial charge in [-0.05, 0) is 30.3 Å². The summed E-state index contributed by atoms with van der Waals surface area (Å²) in [6, 6.07) is 9.48. The van der Waals surface area contributed by atoms with Gasteiger partial charge in [-0.15, -0.1) is 0 Å². The summed E-state index contributed by atoms with van der Waals surface area (Å²) in [5.74, 6) is -0.355. The van der Waals surface area contributed by atoms with Gasteiger partial charge in [-0.25, -0.2) is 0 Å². The lowest BCUT2D eigenvalue weighted by molar-refractivity contribution is -0.118. The minimum atomic E-state index is -1.71. The van der Waals surface area contributed by atoms with Crippen LogP contribution in [0.4, 0.5) is 0 Å². The molecule has 8 heteroatoms. The lowest BCUT2D eigenvalue weighted by atomic mass is 10.0. The van der Waals surface area contributed by atoms with E-state index in [4.69, 9.17) is 47.0 Å². The smallest absolute Gasteiger partial charge is 0.245 e. The number of rotatable bonds is 4. The van der Waals surface area contributed by atoms with Crippen LogP contribution < -0.4 is 5.32 Å². The zero-order valence-electron chi connectivity index (χ0n) is 20.7. The van der Waals surface area contributed by atoms with Gasteiger partial charge in [0.15, 0.2) is 11.3 Å². The Labute approximate surface area is 227 Å². The molecular formula is C26H40Cl3N3OS. The molecule has 0 aromatic heterocycles. The van der Waals surface area contributed by atoms with Gasteiger partial charge >= 0.3 is 0 Å². The number of hydrogen-bond donors (Lipinski definition) is 1. The van der Waals surface area contributed by atoms with Crippen molar-refractivity contribution >= 4 is 64.1 Å². The Morgan fingerprint density at radius 3 is 1.91 bits per heavy atom. The number of thiocarbonyl (C=S) groups is 1. The number of nitrogens with zero attached hydrogens (tertiary/aromatic N) is 2. The first kappa shape index (κ1) is 31.0. The van der Waals surface area contributed by atoms with E-state index in [1.165, 1.54) is 57.4 Å². The van der Waals surface area contributed by atoms with E-state index in [1.54, 1.807) is 11.0 Å². The number of amides is 1. The van der Waals surface area contributed by atoms with Crippen molar-refractivity contribution in [1.82, 2.24) is 15.1 Å². The fraction of sp³-hybridized carbons (Fsp3) is 0.615. The largest absolute Gasteiger partial charge is 0.352 e. The van der Waals surface area contributed by atoms with Crippen LogP contribution in [0.3, 0.4) is 0 Å². The number of benzene rings is 1. The van der Waals surface area contributed by atoms with Gasteiger partial charge < -0.3 is 15.1 Å². The number of halogens is 3. The predicted molar refractivity (Wildman–Crippen MR) is 153 cm³/mol. The molecule has 1 aromatic rings. The van der Waals surface area contributed by atoms with Crippen molar-refractivity contribution in [2.75, 3.05) is 20.1 Å². The van der Waals surface area contributed by atoms with E-state index in [2.05, 4.69) is 5.32 Å². The van der Waals surface area contributed by atoms with Crippen molar-refractivity contribution in [2.45, 2.75) is 81.6 Å². The number of alkyl halides is 3. The maximum atomic E-state index is 12.2. The zero-order valence-corrected chi connectivity index (χ0v) is 23.8. The summed E-state index contributed by atoms with van der Waals surface area (Å²) in [6.07, 6.45) is 15.1. The highest BCUT2D eigenvalue weighted by Gasteiger charge is 2.41. The Kier molecular flexibility index (Phi) is 15.9. The topological polar surface area (TPSA) is 35.6 Å². The molecule has 1 unspecified atom stereocenters. The van der Waals surface area contributed by atoms with Crippen molar-refractivity contribution < 1.29 is 4.79 Å². The Balaban J connectivity index is 0.000000483. The van der Waals surface area contributed by atoms with Crippen LogP contribution in [0.5, 0.6) is 0 Å². The highest BCUT2D eigenvalue weighted by molar-refractivity contribution is 7.80. The average Bonchev–Trinajstić information content (AvgIpc) is 2.79. The molecule has 2 aliphatic rings. The Morgan fingerprint density at radius 2 is 1.44 bits per heavy atom. The second-order valence-corrected chi connectivity index (χ2v) is 11.0. The van der Waals surface area contributed by atoms with Crippen LogP contribution in [0.25, 0.3) is 6.08 Å². The highest BCUT2D eigenvalue weighted by Crippen LogP contribution is 2.33. The highest BCUT2D eigenvalue weighted by atomic mass is 35.6. The first-order valence-electron chi connectivity index (χ1n) is 12.4. The van der Waals surface area contributed by atoms with Crippen LogP contribution in [0, 0.1) is 0 Å². The lowest BCUT2D eigenvalue weighted by Crippen LogP contribution is -2.61. The molecule has 1 saturated heterocycles. The van der Waals surface area contributed by atoms with Crippen LogP contribution in [0.15, 0.2) is 36.4 Å². The van der Waals surface area contributed by atoms with Crippen molar-refractivity contribution in [3.63, 3.8) is 0 Å². The molecule has 1 atom stereocenters. The molecule has 1 heterocycles. The minimum absolute atomic E-state index is 0.355. The Hall–Kier alpha value is -1.01. The summed E-state index contributed by atoms with van der Waals surface area (Å²) >= 11 is 23.6. The SMILES string of the molecule is C1CCCCCCC1.CC.CN1CCCN(C(NC(=O)/C=C/c2ccccc2)C(Cl)(Cl)Cl)C1=S. The van der Waals surface area contributed by atoms with Gasteiger partial charge in [0.2, 0.25) is 9.70 Å². The van der Waals surface area contributed by atoms with Gasteiger partial charge in [-0.3, -0.25) is 4.79 Å². The molecule has 2 fully saturated rings. The Morgan fingerprint density at radius 1 is 0.941 bits per heavy atom. The van der Waals surface area contributed by atoms with Crippen LogP contribution in [-0.2, 0) is 4.79 Å². The summed E-state index contributed by atoms with van der Waals surface area (Å²) in [4.78, 5) is 15.9. The van der Waals surface area contributed by atoms with Gasteiger partial charge in [-0.1, -0.05) is 130 Å². The van der Waals surface area contributed by atoms with Crippen LogP contribution >= 0.6 is 47.0 Å². The molecule has 1 saturated carbocycles. The molecule has 34 heavy (non-hydrogen) atoms. The van der Waals surface area contributed by atoms with E-state index < -0.39 is 9.96 Å². The maximum absolute atomic E-state index is 12.2. The van der Waals surface area contributed by atoms with E-state index in [0.29, 0.717) is 11.7 Å². The van der Waals surface area contributed by atoms with Crippen molar-refractivity contribution in [3.8, 4) is 0 Å². The van der Waals surface area contributed by atoms with Gasteiger partial charge in [0.1, 0.15) is 0 Å². The molecule has 3 rings (SSSR count). The van der Waals surface area contributed by atoms with E-state index in [1.807, 2.05) is 56.1 Å². The number of carbonyl (C=O) groups excluding carboxylic acids is 1.